The van der Waals surface area contributed by atoms with Gasteiger partial charge < -0.3 is 14.8 Å². The molecule has 1 unspecified atom stereocenters. The molecule has 0 fully saturated rings. The maximum Gasteiger partial charge on any atom is 0.330 e. The predicted molar refractivity (Wildman–Crippen MR) is 65.7 cm³/mol. The number of carbonyl (C=O) groups excluding carboxylic acids is 1. The summed E-state index contributed by atoms with van der Waals surface area (Å²) in [5, 5.41) is 3.06. The van der Waals surface area contributed by atoms with Gasteiger partial charge in [0.2, 0.25) is 0 Å². The van der Waals surface area contributed by atoms with Gasteiger partial charge in [-0.1, -0.05) is 30.3 Å². The third-order valence-corrected chi connectivity index (χ3v) is 2.91. The SMILES string of the molecule is CNC(CCOC)(C(=O)OC)c1ccccc1. The van der Waals surface area contributed by atoms with Crippen LogP contribution in [0.15, 0.2) is 30.3 Å². The summed E-state index contributed by atoms with van der Waals surface area (Å²) in [4.78, 5) is 12.0. The molecule has 1 aromatic carbocycles. The molecule has 0 saturated carbocycles. The van der Waals surface area contributed by atoms with Gasteiger partial charge in [-0.15, -0.1) is 0 Å². The van der Waals surface area contributed by atoms with E-state index in [2.05, 4.69) is 5.32 Å². The fourth-order valence-electron chi connectivity index (χ4n) is 1.89. The number of likely N-dealkylation sites (N-methyl/N-ethyl adjacent to an activating group) is 1. The number of benzene rings is 1. The van der Waals surface area contributed by atoms with Gasteiger partial charge in [-0.2, -0.15) is 0 Å². The number of nitrogens with one attached hydrogen (secondary N) is 1. The molecule has 0 aromatic heterocycles. The van der Waals surface area contributed by atoms with E-state index in [1.807, 2.05) is 30.3 Å². The van der Waals surface area contributed by atoms with E-state index >= 15 is 0 Å². The first kappa shape index (κ1) is 13.7. The lowest BCUT2D eigenvalue weighted by molar-refractivity contribution is -0.149. The Morgan fingerprint density at radius 2 is 1.94 bits per heavy atom. The van der Waals surface area contributed by atoms with Gasteiger partial charge in [0.05, 0.1) is 7.11 Å². The van der Waals surface area contributed by atoms with E-state index in [1.54, 1.807) is 14.2 Å². The topological polar surface area (TPSA) is 47.6 Å². The van der Waals surface area contributed by atoms with Gasteiger partial charge in [0, 0.05) is 20.1 Å². The minimum absolute atomic E-state index is 0.303. The fraction of sp³-hybridized carbons (Fsp3) is 0.462. The first-order valence-electron chi connectivity index (χ1n) is 5.53. The summed E-state index contributed by atoms with van der Waals surface area (Å²) in [6.07, 6.45) is 0.524. The zero-order valence-corrected chi connectivity index (χ0v) is 10.5. The lowest BCUT2D eigenvalue weighted by atomic mass is 9.87. The molecule has 0 saturated heterocycles. The highest BCUT2D eigenvalue weighted by Crippen LogP contribution is 2.26. The summed E-state index contributed by atoms with van der Waals surface area (Å²) in [7, 11) is 4.76. The molecule has 4 nitrogen and oxygen atoms in total. The molecule has 0 aliphatic rings. The largest absolute Gasteiger partial charge is 0.467 e. The predicted octanol–water partition coefficient (Wildman–Crippen LogP) is 1.31. The number of esters is 1. The molecule has 0 amide bonds. The van der Waals surface area contributed by atoms with Gasteiger partial charge in [0.25, 0.3) is 0 Å². The first-order chi connectivity index (χ1) is 8.21. The van der Waals surface area contributed by atoms with Gasteiger partial charge >= 0.3 is 5.97 Å². The van der Waals surface area contributed by atoms with Crippen molar-refractivity contribution >= 4 is 5.97 Å². The summed E-state index contributed by atoms with van der Waals surface area (Å²) in [5.74, 6) is -0.303. The first-order valence-corrected chi connectivity index (χ1v) is 5.53. The second-order valence-corrected chi connectivity index (χ2v) is 3.76. The highest BCUT2D eigenvalue weighted by atomic mass is 16.5. The molecule has 0 aliphatic heterocycles. The second-order valence-electron chi connectivity index (χ2n) is 3.76. The zero-order chi connectivity index (χ0) is 12.7. The van der Waals surface area contributed by atoms with Crippen LogP contribution in [0.2, 0.25) is 0 Å². The van der Waals surface area contributed by atoms with E-state index in [4.69, 9.17) is 9.47 Å². The summed E-state index contributed by atoms with van der Waals surface area (Å²) < 4.78 is 9.97. The molecule has 1 atom stereocenters. The Bertz CT molecular complexity index is 353. The quantitative estimate of drug-likeness (QED) is 0.758. The molecular weight excluding hydrogens is 218 g/mol. The van der Waals surface area contributed by atoms with Crippen LogP contribution < -0.4 is 5.32 Å². The molecular formula is C13H19NO3. The van der Waals surface area contributed by atoms with Crippen LogP contribution in [0.4, 0.5) is 0 Å². The summed E-state index contributed by atoms with van der Waals surface area (Å²) in [6.45, 7) is 0.477. The lowest BCUT2D eigenvalue weighted by Gasteiger charge is -2.30. The van der Waals surface area contributed by atoms with Crippen molar-refractivity contribution < 1.29 is 14.3 Å². The number of hydrogen-bond donors (Lipinski definition) is 1. The molecule has 17 heavy (non-hydrogen) atoms. The Morgan fingerprint density at radius 1 is 1.29 bits per heavy atom. The fourth-order valence-corrected chi connectivity index (χ4v) is 1.89. The monoisotopic (exact) mass is 237 g/mol. The molecule has 0 heterocycles. The minimum atomic E-state index is -0.841. The Labute approximate surface area is 102 Å². The molecule has 94 valence electrons. The number of ether oxygens (including phenoxy) is 2. The van der Waals surface area contributed by atoms with Crippen molar-refractivity contribution in [2.24, 2.45) is 0 Å². The van der Waals surface area contributed by atoms with Crippen LogP contribution in [0.3, 0.4) is 0 Å². The molecule has 0 spiro atoms. The van der Waals surface area contributed by atoms with Crippen LogP contribution in [-0.4, -0.2) is 33.8 Å². The second kappa shape index (κ2) is 6.37. The van der Waals surface area contributed by atoms with Gasteiger partial charge in [-0.25, -0.2) is 4.79 Å². The number of hydrogen-bond acceptors (Lipinski definition) is 4. The van der Waals surface area contributed by atoms with Gasteiger partial charge in [0.15, 0.2) is 0 Å². The van der Waals surface area contributed by atoms with Crippen LogP contribution in [0, 0.1) is 0 Å². The van der Waals surface area contributed by atoms with E-state index in [9.17, 15) is 4.79 Å². The normalized spacial score (nSPS) is 14.1. The maximum absolute atomic E-state index is 12.0. The van der Waals surface area contributed by atoms with Crippen LogP contribution in [0.25, 0.3) is 0 Å². The number of carbonyl (C=O) groups is 1. The van der Waals surface area contributed by atoms with Crippen molar-refractivity contribution in [1.82, 2.24) is 5.32 Å². The lowest BCUT2D eigenvalue weighted by Crippen LogP contribution is -2.49. The molecule has 0 radical (unpaired) electrons. The van der Waals surface area contributed by atoms with Gasteiger partial charge in [-0.05, 0) is 12.6 Å². The van der Waals surface area contributed by atoms with Crippen molar-refractivity contribution in [2.45, 2.75) is 12.0 Å². The van der Waals surface area contributed by atoms with Crippen molar-refractivity contribution in [3.63, 3.8) is 0 Å². The van der Waals surface area contributed by atoms with Crippen molar-refractivity contribution in [3.8, 4) is 0 Å². The highest BCUT2D eigenvalue weighted by Gasteiger charge is 2.39. The summed E-state index contributed by atoms with van der Waals surface area (Å²) >= 11 is 0. The third kappa shape index (κ3) is 2.84. The van der Waals surface area contributed by atoms with E-state index < -0.39 is 5.54 Å². The van der Waals surface area contributed by atoms with Crippen LogP contribution >= 0.6 is 0 Å². The Kier molecular flexibility index (Phi) is 5.12. The average Bonchev–Trinajstić information content (AvgIpc) is 2.41. The highest BCUT2D eigenvalue weighted by molar-refractivity contribution is 5.82. The molecule has 1 N–H and O–H groups in total. The van der Waals surface area contributed by atoms with Crippen LogP contribution in [0.5, 0.6) is 0 Å². The minimum Gasteiger partial charge on any atom is -0.467 e. The van der Waals surface area contributed by atoms with E-state index in [-0.39, 0.29) is 5.97 Å². The van der Waals surface area contributed by atoms with Crippen LogP contribution in [0.1, 0.15) is 12.0 Å². The van der Waals surface area contributed by atoms with Crippen LogP contribution in [-0.2, 0) is 19.8 Å². The Morgan fingerprint density at radius 3 is 2.41 bits per heavy atom. The third-order valence-electron chi connectivity index (χ3n) is 2.91. The molecule has 4 heteroatoms. The summed E-state index contributed by atoms with van der Waals surface area (Å²) in [6, 6.07) is 9.53. The molecule has 1 aromatic rings. The number of methoxy groups -OCH3 is 2. The zero-order valence-electron chi connectivity index (χ0n) is 10.5. The molecule has 0 bridgehead atoms. The van der Waals surface area contributed by atoms with E-state index in [1.165, 1.54) is 7.11 Å². The molecule has 0 aliphatic carbocycles. The average molecular weight is 237 g/mol. The van der Waals surface area contributed by atoms with Gasteiger partial charge in [0.1, 0.15) is 5.54 Å². The standard InChI is InChI=1S/C13H19NO3/c1-14-13(9-10-16-2,12(15)17-3)11-7-5-4-6-8-11/h4-8,14H,9-10H2,1-3H3. The molecule has 1 rings (SSSR count). The van der Waals surface area contributed by atoms with E-state index in [0.717, 1.165) is 5.56 Å². The van der Waals surface area contributed by atoms with Gasteiger partial charge in [-0.3, -0.25) is 0 Å². The summed E-state index contributed by atoms with van der Waals surface area (Å²) in [5.41, 5.74) is 0.0397. The maximum atomic E-state index is 12.0. The van der Waals surface area contributed by atoms with Crippen molar-refractivity contribution in [1.29, 1.82) is 0 Å². The Hall–Kier alpha value is -1.39. The smallest absolute Gasteiger partial charge is 0.330 e. The number of rotatable bonds is 6. The Balaban J connectivity index is 3.11. The van der Waals surface area contributed by atoms with E-state index in [0.29, 0.717) is 13.0 Å². The van der Waals surface area contributed by atoms with Crippen molar-refractivity contribution in [2.75, 3.05) is 27.9 Å². The van der Waals surface area contributed by atoms with Crippen molar-refractivity contribution in [3.05, 3.63) is 35.9 Å².